The molecule has 0 bridgehead atoms. The minimum atomic E-state index is -1.25. The second-order valence-electron chi connectivity index (χ2n) is 5.96. The number of rotatable bonds is 8. The van der Waals surface area contributed by atoms with E-state index in [1.54, 1.807) is 0 Å². The topological polar surface area (TPSA) is 90.9 Å². The summed E-state index contributed by atoms with van der Waals surface area (Å²) >= 11 is 0. The van der Waals surface area contributed by atoms with Crippen molar-refractivity contribution in [2.45, 2.75) is 20.0 Å². The summed E-state index contributed by atoms with van der Waals surface area (Å²) < 4.78 is 41.8. The van der Waals surface area contributed by atoms with Crippen molar-refractivity contribution >= 4 is 23.3 Å². The molecular formula is C20H19F2NO6. The molecule has 29 heavy (non-hydrogen) atoms. The molecule has 0 aromatic heterocycles. The first-order valence-corrected chi connectivity index (χ1v) is 8.48. The van der Waals surface area contributed by atoms with Crippen molar-refractivity contribution in [3.8, 4) is 11.5 Å². The lowest BCUT2D eigenvalue weighted by Crippen LogP contribution is -2.32. The largest absolute Gasteiger partial charge is 0.493 e. The predicted octanol–water partition coefficient (Wildman–Crippen LogP) is 3.13. The molecule has 0 radical (unpaired) electrons. The van der Waals surface area contributed by atoms with Crippen LogP contribution in [-0.4, -0.2) is 37.5 Å². The van der Waals surface area contributed by atoms with Gasteiger partial charge in [-0.2, -0.15) is 0 Å². The van der Waals surface area contributed by atoms with E-state index >= 15 is 0 Å². The third-order valence-electron chi connectivity index (χ3n) is 3.78. The fraction of sp³-hybridized carbons (Fsp3) is 0.250. The molecule has 2 rings (SSSR count). The van der Waals surface area contributed by atoms with Crippen LogP contribution in [0, 0.1) is 11.6 Å². The molecule has 7 nitrogen and oxygen atoms in total. The second kappa shape index (κ2) is 9.63. The first kappa shape index (κ1) is 21.8. The molecule has 2 aromatic rings. The Morgan fingerprint density at radius 3 is 2.41 bits per heavy atom. The van der Waals surface area contributed by atoms with Gasteiger partial charge < -0.3 is 19.5 Å². The van der Waals surface area contributed by atoms with E-state index in [1.165, 1.54) is 39.2 Å². The summed E-state index contributed by atoms with van der Waals surface area (Å²) in [6, 6.07) is 7.10. The van der Waals surface area contributed by atoms with Crippen LogP contribution in [0.3, 0.4) is 0 Å². The molecule has 2 aromatic carbocycles. The van der Waals surface area contributed by atoms with E-state index < -0.39 is 36.2 Å². The van der Waals surface area contributed by atoms with Crippen molar-refractivity contribution in [2.75, 3.05) is 19.0 Å². The molecule has 0 saturated carbocycles. The van der Waals surface area contributed by atoms with E-state index in [0.717, 1.165) is 12.1 Å². The van der Waals surface area contributed by atoms with E-state index in [4.69, 9.17) is 14.2 Å². The number of nitrogens with one attached hydrogen (secondary N) is 1. The maximum absolute atomic E-state index is 13.6. The number of ketones is 1. The highest BCUT2D eigenvalue weighted by Crippen LogP contribution is 2.28. The van der Waals surface area contributed by atoms with Gasteiger partial charge in [0, 0.05) is 11.6 Å². The maximum atomic E-state index is 13.6. The van der Waals surface area contributed by atoms with Gasteiger partial charge in [-0.15, -0.1) is 0 Å². The summed E-state index contributed by atoms with van der Waals surface area (Å²) in [5, 5.41) is 2.20. The summed E-state index contributed by atoms with van der Waals surface area (Å²) in [4.78, 5) is 35.3. The van der Waals surface area contributed by atoms with Gasteiger partial charge in [-0.25, -0.2) is 13.6 Å². The van der Waals surface area contributed by atoms with Crippen LogP contribution in [0.25, 0.3) is 0 Å². The monoisotopic (exact) mass is 407 g/mol. The minimum absolute atomic E-state index is 0.160. The molecule has 1 N–H and O–H groups in total. The zero-order valence-corrected chi connectivity index (χ0v) is 16.0. The van der Waals surface area contributed by atoms with Crippen molar-refractivity contribution < 1.29 is 37.4 Å². The summed E-state index contributed by atoms with van der Waals surface area (Å²) in [5.41, 5.74) is 0.168. The van der Waals surface area contributed by atoms with Gasteiger partial charge in [-0.05, 0) is 44.2 Å². The molecule has 0 unspecified atom stereocenters. The van der Waals surface area contributed by atoms with Gasteiger partial charge in [-0.1, -0.05) is 0 Å². The Balaban J connectivity index is 1.91. The van der Waals surface area contributed by atoms with Crippen molar-refractivity contribution in [3.05, 3.63) is 53.6 Å². The Labute approximate surface area is 165 Å². The number of amides is 1. The summed E-state index contributed by atoms with van der Waals surface area (Å²) in [7, 11) is 1.38. The number of ether oxygens (including phenoxy) is 3. The molecule has 0 fully saturated rings. The molecule has 0 spiro atoms. The number of esters is 1. The zero-order valence-electron chi connectivity index (χ0n) is 16.0. The molecule has 9 heteroatoms. The molecule has 0 saturated heterocycles. The Morgan fingerprint density at radius 1 is 1.07 bits per heavy atom. The molecule has 1 atom stereocenters. The van der Waals surface area contributed by atoms with Crippen molar-refractivity contribution in [2.24, 2.45) is 0 Å². The van der Waals surface area contributed by atoms with Crippen LogP contribution in [0.15, 0.2) is 36.4 Å². The number of methoxy groups -OCH3 is 1. The quantitative estimate of drug-likeness (QED) is 0.534. The third-order valence-corrected chi connectivity index (χ3v) is 3.78. The van der Waals surface area contributed by atoms with Crippen molar-refractivity contribution in [3.63, 3.8) is 0 Å². The van der Waals surface area contributed by atoms with Crippen LogP contribution in [0.5, 0.6) is 11.5 Å². The molecular weight excluding hydrogens is 388 g/mol. The molecule has 0 aliphatic rings. The third kappa shape index (κ3) is 6.00. The van der Waals surface area contributed by atoms with Crippen LogP contribution >= 0.6 is 0 Å². The Kier molecular flexibility index (Phi) is 7.24. The minimum Gasteiger partial charge on any atom is -0.493 e. The fourth-order valence-corrected chi connectivity index (χ4v) is 2.25. The number of Topliss-reactive ketones (excluding diaryl/α,β-unsaturated/α-hetero) is 1. The van der Waals surface area contributed by atoms with Crippen molar-refractivity contribution in [1.29, 1.82) is 0 Å². The smallest absolute Gasteiger partial charge is 0.344 e. The predicted molar refractivity (Wildman–Crippen MR) is 99.0 cm³/mol. The van der Waals surface area contributed by atoms with Gasteiger partial charge in [0.25, 0.3) is 5.91 Å². The van der Waals surface area contributed by atoms with E-state index in [-0.39, 0.29) is 23.0 Å². The highest BCUT2D eigenvalue weighted by atomic mass is 19.1. The van der Waals surface area contributed by atoms with Gasteiger partial charge in [-0.3, -0.25) is 9.59 Å². The van der Waals surface area contributed by atoms with Crippen LogP contribution in [0.4, 0.5) is 14.5 Å². The van der Waals surface area contributed by atoms with Crippen LogP contribution < -0.4 is 14.8 Å². The molecule has 1 amide bonds. The van der Waals surface area contributed by atoms with Gasteiger partial charge in [0.2, 0.25) is 0 Å². The number of carbonyl (C=O) groups is 3. The van der Waals surface area contributed by atoms with Crippen molar-refractivity contribution in [1.82, 2.24) is 0 Å². The summed E-state index contributed by atoms with van der Waals surface area (Å²) in [6.07, 6.45) is -1.25. The van der Waals surface area contributed by atoms with Gasteiger partial charge in [0.05, 0.1) is 12.8 Å². The van der Waals surface area contributed by atoms with Gasteiger partial charge in [0.1, 0.15) is 11.6 Å². The SMILES string of the molecule is COc1cc(C(C)=O)ccc1OCC(=O)O[C@H](C)C(=O)Nc1ccc(F)cc1F. The average molecular weight is 407 g/mol. The van der Waals surface area contributed by atoms with E-state index in [1.807, 2.05) is 0 Å². The number of carbonyl (C=O) groups excluding carboxylic acids is 3. The number of anilines is 1. The number of hydrogen-bond donors (Lipinski definition) is 1. The Hall–Kier alpha value is -3.49. The Bertz CT molecular complexity index is 931. The van der Waals surface area contributed by atoms with E-state index in [0.29, 0.717) is 11.6 Å². The number of halogens is 2. The number of hydrogen-bond acceptors (Lipinski definition) is 6. The molecule has 0 aliphatic heterocycles. The number of benzene rings is 2. The van der Waals surface area contributed by atoms with Gasteiger partial charge in [0.15, 0.2) is 30.0 Å². The van der Waals surface area contributed by atoms with Gasteiger partial charge >= 0.3 is 5.97 Å². The summed E-state index contributed by atoms with van der Waals surface area (Å²) in [5.74, 6) is -3.10. The average Bonchev–Trinajstić information content (AvgIpc) is 2.68. The standard InChI is InChI=1S/C20H19F2NO6/c1-11(24)13-4-7-17(18(8-13)27-3)28-10-19(25)29-12(2)20(26)23-16-6-5-14(21)9-15(16)22/h4-9,12H,10H2,1-3H3,(H,23,26)/t12-/m1/s1. The van der Waals surface area contributed by atoms with Crippen LogP contribution in [-0.2, 0) is 14.3 Å². The molecule has 0 aliphatic carbocycles. The lowest BCUT2D eigenvalue weighted by Gasteiger charge is -2.15. The van der Waals surface area contributed by atoms with Crippen LogP contribution in [0.2, 0.25) is 0 Å². The first-order chi connectivity index (χ1) is 13.7. The maximum Gasteiger partial charge on any atom is 0.344 e. The lowest BCUT2D eigenvalue weighted by atomic mass is 10.1. The first-order valence-electron chi connectivity index (χ1n) is 8.48. The lowest BCUT2D eigenvalue weighted by molar-refractivity contribution is -0.155. The van der Waals surface area contributed by atoms with Crippen LogP contribution in [0.1, 0.15) is 24.2 Å². The highest BCUT2D eigenvalue weighted by Gasteiger charge is 2.20. The normalized spacial score (nSPS) is 11.3. The molecule has 154 valence electrons. The molecule has 0 heterocycles. The Morgan fingerprint density at radius 2 is 1.79 bits per heavy atom. The summed E-state index contributed by atoms with van der Waals surface area (Å²) in [6.45, 7) is 2.16. The highest BCUT2D eigenvalue weighted by molar-refractivity contribution is 5.95. The van der Waals surface area contributed by atoms with E-state index in [9.17, 15) is 23.2 Å². The second-order valence-corrected chi connectivity index (χ2v) is 5.96. The fourth-order valence-electron chi connectivity index (χ4n) is 2.25. The van der Waals surface area contributed by atoms with E-state index in [2.05, 4.69) is 5.32 Å². The zero-order chi connectivity index (χ0) is 21.6.